The quantitative estimate of drug-likeness (QED) is 0.117. The van der Waals surface area contributed by atoms with Gasteiger partial charge in [0.1, 0.15) is 23.8 Å². The molecule has 0 spiro atoms. The monoisotopic (exact) mass is 790 g/mol. The fraction of sp³-hybridized carbons (Fsp3) is 0.415. The Kier molecular flexibility index (Phi) is 9.94. The zero-order valence-corrected chi connectivity index (χ0v) is 32.0. The second-order valence-electron chi connectivity index (χ2n) is 15.4. The van der Waals surface area contributed by atoms with Crippen LogP contribution in [0.25, 0.3) is 28.2 Å². The molecule has 4 aliphatic rings. The highest BCUT2D eigenvalue weighted by Gasteiger charge is 2.47. The Morgan fingerprint density at radius 3 is 2.80 bits per heavy atom. The summed E-state index contributed by atoms with van der Waals surface area (Å²) in [5.41, 5.74) is 7.22. The molecule has 3 N–H and O–H groups in total. The third kappa shape index (κ3) is 6.96. The molecule has 0 saturated carbocycles. The number of nitrogens with two attached hydrogens (primary N) is 1. The van der Waals surface area contributed by atoms with Crippen LogP contribution in [0.1, 0.15) is 54.0 Å². The van der Waals surface area contributed by atoms with Gasteiger partial charge in [0.2, 0.25) is 5.91 Å². The molecule has 2 aromatic heterocycles. The van der Waals surface area contributed by atoms with Crippen molar-refractivity contribution in [3.05, 3.63) is 87.2 Å². The Balaban J connectivity index is 1.15. The van der Waals surface area contributed by atoms with Crippen LogP contribution in [0.4, 0.5) is 29.2 Å². The normalized spacial score (nSPS) is 21.6. The molecule has 3 fully saturated rings. The van der Waals surface area contributed by atoms with Gasteiger partial charge in [0, 0.05) is 50.2 Å². The predicted octanol–water partition coefficient (Wildman–Crippen LogP) is 6.96. The number of halogens is 5. The molecular weight excluding hydrogens is 748 g/mol. The maximum absolute atomic E-state index is 17.0. The second kappa shape index (κ2) is 14.6. The number of benzene rings is 2. The summed E-state index contributed by atoms with van der Waals surface area (Å²) in [7, 11) is 0. The number of carbonyl (C=O) groups is 1. The highest BCUT2D eigenvalue weighted by Crippen LogP contribution is 2.45. The van der Waals surface area contributed by atoms with Crippen molar-refractivity contribution in [2.24, 2.45) is 0 Å². The molecule has 3 saturated heterocycles. The molecule has 294 valence electrons. The lowest BCUT2D eigenvalue weighted by molar-refractivity contribution is -0.137. The first-order valence-corrected chi connectivity index (χ1v) is 19.2. The van der Waals surface area contributed by atoms with Crippen molar-refractivity contribution in [3.8, 4) is 17.3 Å². The number of hydrogen-bond donors (Lipinski definition) is 2. The van der Waals surface area contributed by atoms with Crippen LogP contribution in [0.5, 0.6) is 6.01 Å². The number of alkyl halides is 3. The van der Waals surface area contributed by atoms with E-state index in [4.69, 9.17) is 27.1 Å². The lowest BCUT2D eigenvalue weighted by atomic mass is 9.94. The van der Waals surface area contributed by atoms with Gasteiger partial charge in [-0.05, 0) is 93.1 Å². The van der Waals surface area contributed by atoms with E-state index in [1.807, 2.05) is 30.0 Å². The minimum atomic E-state index is -4.88. The van der Waals surface area contributed by atoms with Gasteiger partial charge in [0.05, 0.1) is 27.4 Å². The van der Waals surface area contributed by atoms with Crippen LogP contribution in [0.3, 0.4) is 0 Å². The van der Waals surface area contributed by atoms with Gasteiger partial charge in [-0.1, -0.05) is 42.0 Å². The van der Waals surface area contributed by atoms with E-state index in [0.717, 1.165) is 69.1 Å². The van der Waals surface area contributed by atoms with Crippen LogP contribution in [-0.4, -0.2) is 88.1 Å². The van der Waals surface area contributed by atoms with Crippen LogP contribution in [0, 0.1) is 12.7 Å². The van der Waals surface area contributed by atoms with Crippen LogP contribution in [0.2, 0.25) is 5.02 Å². The van der Waals surface area contributed by atoms with Crippen molar-refractivity contribution in [1.29, 1.82) is 0 Å². The maximum Gasteiger partial charge on any atom is 0.418 e. The van der Waals surface area contributed by atoms with E-state index >= 15 is 4.39 Å². The Morgan fingerprint density at radius 2 is 2.02 bits per heavy atom. The first-order valence-electron chi connectivity index (χ1n) is 18.9. The van der Waals surface area contributed by atoms with Gasteiger partial charge in [-0.25, -0.2) is 9.37 Å². The molecule has 0 radical (unpaired) electrons. The molecule has 10 nitrogen and oxygen atoms in total. The van der Waals surface area contributed by atoms with E-state index < -0.39 is 28.8 Å². The number of fused-ring (bicyclic) bond motifs is 3. The largest absolute Gasteiger partial charge is 0.461 e. The number of hydrogen-bond acceptors (Lipinski definition) is 9. The first-order chi connectivity index (χ1) is 26.7. The number of aryl methyl sites for hydroxylation is 1. The second-order valence-corrected chi connectivity index (χ2v) is 15.8. The van der Waals surface area contributed by atoms with Crippen LogP contribution in [-0.2, 0) is 23.9 Å². The number of piperazine rings is 1. The average molecular weight is 791 g/mol. The van der Waals surface area contributed by atoms with Crippen molar-refractivity contribution >= 4 is 46.1 Å². The Morgan fingerprint density at radius 1 is 1.20 bits per heavy atom. The first kappa shape index (κ1) is 38.1. The number of nitrogens with one attached hydrogen (secondary N) is 1. The van der Waals surface area contributed by atoms with Gasteiger partial charge in [-0.15, -0.1) is 0 Å². The minimum Gasteiger partial charge on any atom is -0.461 e. The number of pyridine rings is 1. The summed E-state index contributed by atoms with van der Waals surface area (Å²) >= 11 is 6.70. The Bertz CT molecular complexity index is 2280. The molecule has 0 aliphatic carbocycles. The average Bonchev–Trinajstić information content (AvgIpc) is 3.67. The van der Waals surface area contributed by atoms with Crippen LogP contribution >= 0.6 is 11.6 Å². The number of aromatic nitrogens is 3. The van der Waals surface area contributed by atoms with Gasteiger partial charge >= 0.3 is 12.2 Å². The Hall–Kier alpha value is -4.79. The summed E-state index contributed by atoms with van der Waals surface area (Å²) in [6.07, 6.45) is 2.13. The molecule has 0 unspecified atom stereocenters. The molecule has 0 bridgehead atoms. The number of carbonyl (C=O) groups excluding carboxylic acids is 1. The molecule has 56 heavy (non-hydrogen) atoms. The van der Waals surface area contributed by atoms with Gasteiger partial charge in [0.25, 0.3) is 0 Å². The molecular formula is C41H43ClF4N8O2. The number of amides is 1. The smallest absolute Gasteiger partial charge is 0.418 e. The van der Waals surface area contributed by atoms with Gasteiger partial charge in [-0.2, -0.15) is 23.1 Å². The summed E-state index contributed by atoms with van der Waals surface area (Å²) in [5.74, 6) is -1.18. The summed E-state index contributed by atoms with van der Waals surface area (Å²) in [6, 6.07) is 8.16. The highest BCUT2D eigenvalue weighted by molar-refractivity contribution is 6.34. The number of ether oxygens (including phenoxy) is 1. The van der Waals surface area contributed by atoms with E-state index in [0.29, 0.717) is 25.5 Å². The van der Waals surface area contributed by atoms with E-state index in [1.165, 1.54) is 24.1 Å². The molecule has 8 rings (SSSR count). The molecule has 4 aromatic rings. The predicted molar refractivity (Wildman–Crippen MR) is 209 cm³/mol. The standard InChI is InChI=1S/C41H43ClF4N8O2/c1-23-18-40(11-5-13-53(40)20-23)22-56-39-50-36-28(17-30(42)33(35(36)43)37-34(41(44,45)46)24(2)16-31(47)49-37)38(51-39)54-15-14-52(21-25(54)3)32(55)9-8-26-6-4-7-27-10-12-48-19-29(26)27/h4,6-9,16-17,25,48H,1,5,10-15,18-22H2,2-3H3,(H2,47,49)/b9-8+/t25-,40-/m0/s1. The summed E-state index contributed by atoms with van der Waals surface area (Å²) in [5, 5.41) is 3.26. The van der Waals surface area contributed by atoms with Crippen molar-refractivity contribution in [2.45, 2.75) is 63.8 Å². The molecule has 15 heteroatoms. The van der Waals surface area contributed by atoms with Crippen molar-refractivity contribution in [3.63, 3.8) is 0 Å². The van der Waals surface area contributed by atoms with Gasteiger partial charge < -0.3 is 25.6 Å². The number of nitrogens with zero attached hydrogens (tertiary/aromatic N) is 6. The minimum absolute atomic E-state index is 0.125. The highest BCUT2D eigenvalue weighted by atomic mass is 35.5. The maximum atomic E-state index is 17.0. The number of anilines is 2. The summed E-state index contributed by atoms with van der Waals surface area (Å²) < 4.78 is 66.6. The number of nitrogen functional groups attached to an aromatic ring is 1. The summed E-state index contributed by atoms with van der Waals surface area (Å²) in [6.45, 7) is 11.9. The fourth-order valence-electron chi connectivity index (χ4n) is 8.98. The van der Waals surface area contributed by atoms with Crippen LogP contribution < -0.4 is 20.7 Å². The lowest BCUT2D eigenvalue weighted by Crippen LogP contribution is -2.53. The SMILES string of the molecule is C=C1CN2CCC[C@@]2(COc2nc(N3CCN(C(=O)/C=C/c4cccc5c4CNCC5)C[C@@H]3C)c3cc(Cl)c(-c4nc(N)cc(C)c4C(F)(F)F)c(F)c3n2)C1. The van der Waals surface area contributed by atoms with Crippen molar-refractivity contribution in [1.82, 2.24) is 30.1 Å². The van der Waals surface area contributed by atoms with Crippen molar-refractivity contribution in [2.75, 3.05) is 56.5 Å². The third-order valence-corrected chi connectivity index (χ3v) is 11.9. The zero-order chi connectivity index (χ0) is 39.5. The molecule has 1 amide bonds. The van der Waals surface area contributed by atoms with Crippen molar-refractivity contribution < 1.29 is 27.1 Å². The van der Waals surface area contributed by atoms with E-state index in [-0.39, 0.29) is 57.4 Å². The van der Waals surface area contributed by atoms with E-state index in [9.17, 15) is 18.0 Å². The third-order valence-electron chi connectivity index (χ3n) is 11.6. The van der Waals surface area contributed by atoms with E-state index in [1.54, 1.807) is 11.0 Å². The van der Waals surface area contributed by atoms with Crippen LogP contribution in [0.15, 0.2) is 48.6 Å². The molecule has 4 aliphatic heterocycles. The topological polar surface area (TPSA) is 113 Å². The van der Waals surface area contributed by atoms with E-state index in [2.05, 4.69) is 32.8 Å². The zero-order valence-electron chi connectivity index (χ0n) is 31.3. The lowest BCUT2D eigenvalue weighted by Gasteiger charge is -2.40. The molecule has 6 heterocycles. The summed E-state index contributed by atoms with van der Waals surface area (Å²) in [4.78, 5) is 32.8. The number of rotatable bonds is 7. The van der Waals surface area contributed by atoms with Gasteiger partial charge in [0.15, 0.2) is 5.82 Å². The molecule has 2 aromatic carbocycles. The molecule has 2 atom stereocenters. The Labute approximate surface area is 327 Å². The van der Waals surface area contributed by atoms with Gasteiger partial charge in [-0.3, -0.25) is 9.69 Å². The fourth-order valence-corrected chi connectivity index (χ4v) is 9.26.